The van der Waals surface area contributed by atoms with Crippen molar-refractivity contribution in [3.05, 3.63) is 28.3 Å². The van der Waals surface area contributed by atoms with Gasteiger partial charge in [0, 0.05) is 17.0 Å². The zero-order chi connectivity index (χ0) is 21.2. The zero-order valence-corrected chi connectivity index (χ0v) is 19.9. The number of nitrogens with zero attached hydrogens (tertiary/aromatic N) is 2. The lowest BCUT2D eigenvalue weighted by Gasteiger charge is -2.41. The summed E-state index contributed by atoms with van der Waals surface area (Å²) < 4.78 is 3.13. The minimum Gasteiger partial charge on any atom is -0.307 e. The van der Waals surface area contributed by atoms with E-state index in [-0.39, 0.29) is 6.03 Å². The average molecular weight is 443 g/mol. The molecule has 2 saturated heterocycles. The number of nitrogens with one attached hydrogen (secondary N) is 2. The molecule has 0 spiro atoms. The highest BCUT2D eigenvalue weighted by Crippen LogP contribution is 2.38. The van der Waals surface area contributed by atoms with Crippen molar-refractivity contribution in [1.82, 2.24) is 14.5 Å². The van der Waals surface area contributed by atoms with Gasteiger partial charge in [-0.3, -0.25) is 4.72 Å². The minimum atomic E-state index is -0.0335. The summed E-state index contributed by atoms with van der Waals surface area (Å²) >= 11 is 1.65. The van der Waals surface area contributed by atoms with E-state index in [2.05, 4.69) is 32.8 Å². The number of fused-ring (bicyclic) bond motifs is 2. The standard InChI is InChI=1S/C25H38N4OS/c1-2-28-13-9-20(10-14-28)29-15-11-21(12-16-29)31-27-25(30)26-24-22-7-3-5-18(22)17-19-6-4-8-23(19)24/h17,20-21H,2-16H2,1H3,(H2,26,27,30). The maximum atomic E-state index is 12.8. The largest absolute Gasteiger partial charge is 0.329 e. The molecule has 0 aromatic heterocycles. The molecule has 5 rings (SSSR count). The van der Waals surface area contributed by atoms with Crippen LogP contribution in [-0.4, -0.2) is 59.8 Å². The van der Waals surface area contributed by atoms with Gasteiger partial charge in [-0.05, 0) is 131 Å². The number of hydrogen-bond acceptors (Lipinski definition) is 4. The van der Waals surface area contributed by atoms with Crippen molar-refractivity contribution in [1.29, 1.82) is 0 Å². The maximum absolute atomic E-state index is 12.8. The summed E-state index contributed by atoms with van der Waals surface area (Å²) in [5, 5.41) is 3.80. The van der Waals surface area contributed by atoms with Crippen molar-refractivity contribution in [2.24, 2.45) is 0 Å². The third kappa shape index (κ3) is 4.76. The molecule has 1 aromatic rings. The molecule has 2 aliphatic heterocycles. The molecule has 0 bridgehead atoms. The molecule has 0 radical (unpaired) electrons. The second-order valence-electron chi connectivity index (χ2n) is 9.81. The molecule has 2 heterocycles. The summed E-state index contributed by atoms with van der Waals surface area (Å²) in [6.45, 7) is 8.32. The third-order valence-corrected chi connectivity index (χ3v) is 9.14. The molecular formula is C25H38N4OS. The summed E-state index contributed by atoms with van der Waals surface area (Å²) in [6.07, 6.45) is 12.0. The minimum absolute atomic E-state index is 0.0335. The molecule has 2 aliphatic carbocycles. The van der Waals surface area contributed by atoms with Crippen LogP contribution < -0.4 is 10.0 Å². The zero-order valence-electron chi connectivity index (χ0n) is 19.0. The molecule has 4 aliphatic rings. The first-order valence-electron chi connectivity index (χ1n) is 12.6. The van der Waals surface area contributed by atoms with E-state index in [9.17, 15) is 4.79 Å². The van der Waals surface area contributed by atoms with Gasteiger partial charge >= 0.3 is 6.03 Å². The molecule has 0 atom stereocenters. The summed E-state index contributed by atoms with van der Waals surface area (Å²) in [4.78, 5) is 18.0. The quantitative estimate of drug-likeness (QED) is 0.665. The number of piperidine rings is 2. The van der Waals surface area contributed by atoms with Gasteiger partial charge in [0.15, 0.2) is 0 Å². The van der Waals surface area contributed by atoms with E-state index in [0.29, 0.717) is 5.25 Å². The van der Waals surface area contributed by atoms with Crippen molar-refractivity contribution in [2.75, 3.05) is 38.0 Å². The number of aryl methyl sites for hydroxylation is 2. The Hall–Kier alpha value is -1.24. The second kappa shape index (κ2) is 9.72. The lowest BCUT2D eigenvalue weighted by Crippen LogP contribution is -2.48. The number of anilines is 1. The van der Waals surface area contributed by atoms with Crippen LogP contribution in [0.1, 0.15) is 67.7 Å². The fourth-order valence-electron chi connectivity index (χ4n) is 6.20. The van der Waals surface area contributed by atoms with Crippen LogP contribution >= 0.6 is 11.9 Å². The van der Waals surface area contributed by atoms with E-state index in [1.54, 1.807) is 11.9 Å². The van der Waals surface area contributed by atoms with Gasteiger partial charge in [0.2, 0.25) is 0 Å². The first kappa shape index (κ1) is 21.6. The van der Waals surface area contributed by atoms with Crippen LogP contribution in [0.4, 0.5) is 10.5 Å². The lowest BCUT2D eigenvalue weighted by atomic mass is 9.99. The highest BCUT2D eigenvalue weighted by atomic mass is 32.2. The Morgan fingerprint density at radius 2 is 1.61 bits per heavy atom. The van der Waals surface area contributed by atoms with Gasteiger partial charge in [-0.15, -0.1) is 0 Å². The van der Waals surface area contributed by atoms with E-state index >= 15 is 0 Å². The van der Waals surface area contributed by atoms with Crippen LogP contribution in [-0.2, 0) is 25.7 Å². The predicted molar refractivity (Wildman–Crippen MR) is 130 cm³/mol. The first-order valence-corrected chi connectivity index (χ1v) is 13.4. The maximum Gasteiger partial charge on any atom is 0.329 e. The number of carbonyl (C=O) groups excluding carboxylic acids is 1. The smallest absolute Gasteiger partial charge is 0.307 e. The van der Waals surface area contributed by atoms with Crippen LogP contribution in [0.2, 0.25) is 0 Å². The van der Waals surface area contributed by atoms with Crippen molar-refractivity contribution >= 4 is 23.7 Å². The van der Waals surface area contributed by atoms with Crippen LogP contribution in [0.5, 0.6) is 0 Å². The van der Waals surface area contributed by atoms with Crippen molar-refractivity contribution in [3.8, 4) is 0 Å². The van der Waals surface area contributed by atoms with Gasteiger partial charge in [-0.2, -0.15) is 0 Å². The molecule has 2 amide bonds. The van der Waals surface area contributed by atoms with Gasteiger partial charge < -0.3 is 15.1 Å². The van der Waals surface area contributed by atoms with Gasteiger partial charge in [0.1, 0.15) is 0 Å². The lowest BCUT2D eigenvalue weighted by molar-refractivity contribution is 0.0963. The SMILES string of the molecule is CCN1CCC(N2CCC(SNC(=O)Nc3c4c(cc5c3CCC5)CCC4)CC2)CC1. The molecular weight excluding hydrogens is 404 g/mol. The Labute approximate surface area is 191 Å². The molecule has 0 saturated carbocycles. The van der Waals surface area contributed by atoms with E-state index < -0.39 is 0 Å². The highest BCUT2D eigenvalue weighted by molar-refractivity contribution is 7.98. The fraction of sp³-hybridized carbons (Fsp3) is 0.720. The molecule has 0 unspecified atom stereocenters. The number of benzene rings is 1. The van der Waals surface area contributed by atoms with E-state index in [4.69, 9.17) is 0 Å². The Morgan fingerprint density at radius 3 is 2.23 bits per heavy atom. The fourth-order valence-corrected chi connectivity index (χ4v) is 6.97. The van der Waals surface area contributed by atoms with Crippen LogP contribution in [0.25, 0.3) is 0 Å². The molecule has 2 N–H and O–H groups in total. The van der Waals surface area contributed by atoms with Crippen LogP contribution in [0.3, 0.4) is 0 Å². The number of likely N-dealkylation sites (tertiary alicyclic amines) is 2. The van der Waals surface area contributed by atoms with E-state index in [1.807, 2.05) is 0 Å². The van der Waals surface area contributed by atoms with Gasteiger partial charge in [0.05, 0.1) is 0 Å². The van der Waals surface area contributed by atoms with E-state index in [0.717, 1.165) is 24.6 Å². The van der Waals surface area contributed by atoms with Crippen molar-refractivity contribution in [3.63, 3.8) is 0 Å². The summed E-state index contributed by atoms with van der Waals surface area (Å²) in [5.41, 5.74) is 6.90. The number of urea groups is 1. The number of rotatable bonds is 5. The molecule has 5 nitrogen and oxygen atoms in total. The Kier molecular flexibility index (Phi) is 6.77. The first-order chi connectivity index (χ1) is 15.2. The summed E-state index contributed by atoms with van der Waals surface area (Å²) in [7, 11) is 0. The topological polar surface area (TPSA) is 47.6 Å². The van der Waals surface area contributed by atoms with Gasteiger partial charge in [-0.1, -0.05) is 13.0 Å². The molecule has 6 heteroatoms. The average Bonchev–Trinajstić information content (AvgIpc) is 3.47. The Balaban J connectivity index is 1.10. The summed E-state index contributed by atoms with van der Waals surface area (Å²) in [6, 6.07) is 3.16. The van der Waals surface area contributed by atoms with Crippen molar-refractivity contribution < 1.29 is 4.79 Å². The molecule has 2 fully saturated rings. The van der Waals surface area contributed by atoms with Gasteiger partial charge in [0.25, 0.3) is 0 Å². The Bertz CT molecular complexity index is 765. The predicted octanol–water partition coefficient (Wildman–Crippen LogP) is 4.38. The molecule has 1 aromatic carbocycles. The number of amides is 2. The number of hydrogen-bond donors (Lipinski definition) is 2. The van der Waals surface area contributed by atoms with Crippen LogP contribution in [0, 0.1) is 0 Å². The van der Waals surface area contributed by atoms with Crippen molar-refractivity contribution in [2.45, 2.75) is 82.4 Å². The molecule has 31 heavy (non-hydrogen) atoms. The monoisotopic (exact) mass is 442 g/mol. The summed E-state index contributed by atoms with van der Waals surface area (Å²) in [5.74, 6) is 0. The Morgan fingerprint density at radius 1 is 0.968 bits per heavy atom. The number of carbonyl (C=O) groups is 1. The highest BCUT2D eigenvalue weighted by Gasteiger charge is 2.29. The molecule has 170 valence electrons. The second-order valence-corrected chi connectivity index (χ2v) is 10.9. The van der Waals surface area contributed by atoms with E-state index in [1.165, 1.54) is 106 Å². The van der Waals surface area contributed by atoms with Gasteiger partial charge in [-0.25, -0.2) is 4.79 Å². The van der Waals surface area contributed by atoms with Crippen LogP contribution in [0.15, 0.2) is 6.07 Å². The third-order valence-electron chi connectivity index (χ3n) is 8.03. The normalized spacial score (nSPS) is 23.0.